The fourth-order valence-corrected chi connectivity index (χ4v) is 4.52. The third kappa shape index (κ3) is 3.61. The van der Waals surface area contributed by atoms with E-state index in [1.54, 1.807) is 16.5 Å². The molecule has 0 fully saturated rings. The molecule has 0 saturated heterocycles. The van der Waals surface area contributed by atoms with Crippen LogP contribution in [0.5, 0.6) is 0 Å². The minimum absolute atomic E-state index is 0.115. The molecule has 1 aliphatic rings. The lowest BCUT2D eigenvalue weighted by Gasteiger charge is -2.31. The molecular formula is C23H26N5O2S+. The molecule has 160 valence electrons. The van der Waals surface area contributed by atoms with Crippen LogP contribution in [0.2, 0.25) is 0 Å². The van der Waals surface area contributed by atoms with Crippen LogP contribution in [0.3, 0.4) is 0 Å². The maximum atomic E-state index is 13.0. The third-order valence-electron chi connectivity index (χ3n) is 5.61. The molecule has 0 aliphatic carbocycles. The average molecular weight is 437 g/mol. The number of amides is 1. The zero-order valence-electron chi connectivity index (χ0n) is 18.1. The molecule has 0 saturated carbocycles. The Kier molecular flexibility index (Phi) is 5.82. The first-order valence-corrected chi connectivity index (χ1v) is 11.6. The van der Waals surface area contributed by atoms with Crippen molar-refractivity contribution in [1.82, 2.24) is 10.1 Å². The SMILES string of the molecule is CCN(CC)c1ccc([C@H]2N(C(C)=O)c3ccccc3-c3c(=O)[nH]c(SC)n[n+]32)cc1. The van der Waals surface area contributed by atoms with Crippen molar-refractivity contribution in [1.29, 1.82) is 0 Å². The lowest BCUT2D eigenvalue weighted by atomic mass is 10.0. The Morgan fingerprint density at radius 2 is 1.84 bits per heavy atom. The van der Waals surface area contributed by atoms with E-state index in [1.165, 1.54) is 11.8 Å². The number of carbonyl (C=O) groups is 1. The monoisotopic (exact) mass is 436 g/mol. The lowest BCUT2D eigenvalue weighted by molar-refractivity contribution is -0.763. The van der Waals surface area contributed by atoms with E-state index in [-0.39, 0.29) is 11.5 Å². The summed E-state index contributed by atoms with van der Waals surface area (Å²) in [4.78, 5) is 32.7. The average Bonchev–Trinajstić information content (AvgIpc) is 2.79. The summed E-state index contributed by atoms with van der Waals surface area (Å²) in [6.45, 7) is 7.62. The number of para-hydroxylation sites is 1. The van der Waals surface area contributed by atoms with Crippen molar-refractivity contribution in [3.8, 4) is 11.3 Å². The molecule has 1 atom stereocenters. The van der Waals surface area contributed by atoms with Gasteiger partial charge < -0.3 is 4.90 Å². The second kappa shape index (κ2) is 8.55. The van der Waals surface area contributed by atoms with Gasteiger partial charge in [-0.3, -0.25) is 14.6 Å². The number of thioether (sulfide) groups is 1. The number of fused-ring (bicyclic) bond motifs is 3. The van der Waals surface area contributed by atoms with E-state index in [9.17, 15) is 9.59 Å². The fourth-order valence-electron chi connectivity index (χ4n) is 4.15. The minimum Gasteiger partial charge on any atom is -0.372 e. The van der Waals surface area contributed by atoms with E-state index in [0.29, 0.717) is 22.1 Å². The molecule has 31 heavy (non-hydrogen) atoms. The molecule has 1 amide bonds. The number of hydrogen-bond donors (Lipinski definition) is 1. The predicted octanol–water partition coefficient (Wildman–Crippen LogP) is 3.21. The molecule has 0 spiro atoms. The van der Waals surface area contributed by atoms with Crippen molar-refractivity contribution in [3.05, 3.63) is 64.4 Å². The number of anilines is 2. The van der Waals surface area contributed by atoms with Crippen LogP contribution < -0.4 is 20.0 Å². The Bertz CT molecular complexity index is 1170. The molecule has 3 aromatic rings. The topological polar surface area (TPSA) is 73.2 Å². The van der Waals surface area contributed by atoms with Crippen LogP contribution in [0, 0.1) is 0 Å². The second-order valence-electron chi connectivity index (χ2n) is 7.30. The molecule has 8 heteroatoms. The van der Waals surface area contributed by atoms with Crippen LogP contribution in [0.1, 0.15) is 32.5 Å². The largest absolute Gasteiger partial charge is 0.372 e. The molecule has 7 nitrogen and oxygen atoms in total. The lowest BCUT2D eigenvalue weighted by Crippen LogP contribution is -2.60. The molecule has 2 heterocycles. The van der Waals surface area contributed by atoms with E-state index in [1.807, 2.05) is 42.7 Å². The summed E-state index contributed by atoms with van der Waals surface area (Å²) in [6.07, 6.45) is 1.31. The number of aromatic nitrogens is 3. The van der Waals surface area contributed by atoms with E-state index >= 15 is 0 Å². The maximum absolute atomic E-state index is 13.0. The number of benzene rings is 2. The van der Waals surface area contributed by atoms with Gasteiger partial charge in [-0.2, -0.15) is 0 Å². The molecule has 0 bridgehead atoms. The molecular weight excluding hydrogens is 410 g/mol. The Balaban J connectivity index is 1.96. The Labute approximate surface area is 185 Å². The zero-order chi connectivity index (χ0) is 22.1. The standard InChI is InChI=1S/C23H25N5O2S/c1-5-26(6-2)17-13-11-16(12-14-17)22-27(15(3)29)19-10-8-7-9-18(19)20-21(30)24-23(31-4)25-28(20)22/h7-14,22H,5-6H2,1-4H3/p+1/t22-/m0/s1. The summed E-state index contributed by atoms with van der Waals surface area (Å²) >= 11 is 1.36. The van der Waals surface area contributed by atoms with Gasteiger partial charge in [-0.15, -0.1) is 0 Å². The zero-order valence-corrected chi connectivity index (χ0v) is 18.9. The van der Waals surface area contributed by atoms with Gasteiger partial charge in [-0.1, -0.05) is 23.9 Å². The van der Waals surface area contributed by atoms with Crippen LogP contribution in [0.25, 0.3) is 11.3 Å². The number of nitrogens with one attached hydrogen (secondary N) is 1. The van der Waals surface area contributed by atoms with Crippen LogP contribution in [0.4, 0.5) is 11.4 Å². The van der Waals surface area contributed by atoms with Crippen LogP contribution >= 0.6 is 11.8 Å². The molecule has 1 aromatic heterocycles. The van der Waals surface area contributed by atoms with Crippen molar-refractivity contribution in [2.24, 2.45) is 0 Å². The predicted molar refractivity (Wildman–Crippen MR) is 124 cm³/mol. The van der Waals surface area contributed by atoms with E-state index < -0.39 is 6.17 Å². The number of aromatic amines is 1. The second-order valence-corrected chi connectivity index (χ2v) is 8.10. The first-order chi connectivity index (χ1) is 15.0. The quantitative estimate of drug-likeness (QED) is 0.491. The highest BCUT2D eigenvalue weighted by atomic mass is 32.2. The number of rotatable bonds is 5. The maximum Gasteiger partial charge on any atom is 0.325 e. The number of carbonyl (C=O) groups excluding carboxylic acids is 1. The van der Waals surface area contributed by atoms with Gasteiger partial charge in [0.15, 0.2) is 0 Å². The summed E-state index contributed by atoms with van der Waals surface area (Å²) in [5.74, 6) is -0.115. The Hall–Kier alpha value is -3.13. The van der Waals surface area contributed by atoms with Gasteiger partial charge in [0.2, 0.25) is 11.1 Å². The van der Waals surface area contributed by atoms with Gasteiger partial charge >= 0.3 is 11.3 Å². The molecule has 0 unspecified atom stereocenters. The number of hydrogen-bond acceptors (Lipinski definition) is 5. The normalized spacial score (nSPS) is 14.7. The van der Waals surface area contributed by atoms with Crippen molar-refractivity contribution >= 4 is 29.0 Å². The summed E-state index contributed by atoms with van der Waals surface area (Å²) in [5.41, 5.74) is 3.63. The molecule has 4 rings (SSSR count). The van der Waals surface area contributed by atoms with Gasteiger partial charge in [0, 0.05) is 36.4 Å². The van der Waals surface area contributed by atoms with Gasteiger partial charge in [-0.25, -0.2) is 4.90 Å². The third-order valence-corrected chi connectivity index (χ3v) is 6.18. The van der Waals surface area contributed by atoms with E-state index in [2.05, 4.69) is 35.9 Å². The highest BCUT2D eigenvalue weighted by Gasteiger charge is 2.44. The number of nitrogens with zero attached hydrogens (tertiary/aromatic N) is 4. The highest BCUT2D eigenvalue weighted by molar-refractivity contribution is 7.98. The van der Waals surface area contributed by atoms with Gasteiger partial charge in [0.1, 0.15) is 0 Å². The summed E-state index contributed by atoms with van der Waals surface area (Å²) < 4.78 is 1.68. The summed E-state index contributed by atoms with van der Waals surface area (Å²) in [5, 5.41) is 5.19. The first-order valence-electron chi connectivity index (χ1n) is 10.3. The minimum atomic E-state index is -0.554. The molecule has 1 N–H and O–H groups in total. The van der Waals surface area contributed by atoms with Crippen molar-refractivity contribution in [2.75, 3.05) is 29.1 Å². The van der Waals surface area contributed by atoms with Crippen molar-refractivity contribution < 1.29 is 9.48 Å². The Morgan fingerprint density at radius 3 is 2.45 bits per heavy atom. The van der Waals surface area contributed by atoms with Gasteiger partial charge in [-0.05, 0) is 61.2 Å². The molecule has 0 radical (unpaired) electrons. The smallest absolute Gasteiger partial charge is 0.325 e. The summed E-state index contributed by atoms with van der Waals surface area (Å²) in [7, 11) is 0. The number of H-pyrrole nitrogens is 1. The van der Waals surface area contributed by atoms with Crippen molar-refractivity contribution in [3.63, 3.8) is 0 Å². The highest BCUT2D eigenvalue weighted by Crippen LogP contribution is 2.37. The van der Waals surface area contributed by atoms with Crippen LogP contribution in [0.15, 0.2) is 58.5 Å². The first kappa shape index (κ1) is 21.1. The summed E-state index contributed by atoms with van der Waals surface area (Å²) in [6, 6.07) is 15.6. The van der Waals surface area contributed by atoms with Crippen LogP contribution in [-0.2, 0) is 4.79 Å². The Morgan fingerprint density at radius 1 is 1.16 bits per heavy atom. The van der Waals surface area contributed by atoms with Crippen molar-refractivity contribution in [2.45, 2.75) is 32.1 Å². The molecule has 1 aliphatic heterocycles. The molecule has 2 aromatic carbocycles. The van der Waals surface area contributed by atoms with Gasteiger partial charge in [0.05, 0.1) is 11.3 Å². The fraction of sp³-hybridized carbons (Fsp3) is 0.304. The van der Waals surface area contributed by atoms with Gasteiger partial charge in [0.25, 0.3) is 6.17 Å². The van der Waals surface area contributed by atoms with E-state index in [0.717, 1.165) is 24.3 Å². The van der Waals surface area contributed by atoms with E-state index in [4.69, 9.17) is 5.10 Å². The van der Waals surface area contributed by atoms with Crippen LogP contribution in [-0.4, -0.2) is 35.3 Å².